The van der Waals surface area contributed by atoms with Crippen molar-refractivity contribution in [3.8, 4) is 11.1 Å². The molecular formula is C21H26N2O5. The Morgan fingerprint density at radius 2 is 1.79 bits per heavy atom. The number of ether oxygens (including phenoxy) is 2. The van der Waals surface area contributed by atoms with E-state index in [9.17, 15) is 14.4 Å². The number of ketones is 1. The largest absolute Gasteiger partial charge is 0.462 e. The summed E-state index contributed by atoms with van der Waals surface area (Å²) in [5.74, 6) is -2.06. The van der Waals surface area contributed by atoms with Crippen LogP contribution in [0, 0.1) is 13.8 Å². The molecule has 7 nitrogen and oxygen atoms in total. The summed E-state index contributed by atoms with van der Waals surface area (Å²) < 4.78 is 10.1. The van der Waals surface area contributed by atoms with Crippen molar-refractivity contribution in [2.24, 2.45) is 0 Å². The van der Waals surface area contributed by atoms with E-state index in [0.29, 0.717) is 16.8 Å². The maximum Gasteiger partial charge on any atom is 0.340 e. The summed E-state index contributed by atoms with van der Waals surface area (Å²) in [6.45, 7) is 7.54. The van der Waals surface area contributed by atoms with Gasteiger partial charge >= 0.3 is 5.97 Å². The van der Waals surface area contributed by atoms with Gasteiger partial charge in [0.25, 0.3) is 11.7 Å². The molecule has 0 spiro atoms. The molecule has 0 aliphatic rings. The first-order valence-corrected chi connectivity index (χ1v) is 9.10. The van der Waals surface area contributed by atoms with E-state index >= 15 is 0 Å². The lowest BCUT2D eigenvalue weighted by Gasteiger charge is -2.12. The Labute approximate surface area is 164 Å². The van der Waals surface area contributed by atoms with Crippen LogP contribution in [0.2, 0.25) is 0 Å². The van der Waals surface area contributed by atoms with Crippen LogP contribution in [0.25, 0.3) is 11.1 Å². The average molecular weight is 386 g/mol. The molecular weight excluding hydrogens is 360 g/mol. The second-order valence-corrected chi connectivity index (χ2v) is 6.62. The number of amides is 1. The molecule has 0 saturated heterocycles. The maximum absolute atomic E-state index is 12.9. The summed E-state index contributed by atoms with van der Waals surface area (Å²) >= 11 is 0. The molecule has 7 heteroatoms. The lowest BCUT2D eigenvalue weighted by Crippen LogP contribution is -2.40. The van der Waals surface area contributed by atoms with Crippen LogP contribution in [0.15, 0.2) is 24.3 Å². The number of esters is 1. The van der Waals surface area contributed by atoms with E-state index in [4.69, 9.17) is 9.47 Å². The van der Waals surface area contributed by atoms with Gasteiger partial charge < -0.3 is 19.8 Å². The third-order valence-corrected chi connectivity index (χ3v) is 4.23. The number of aromatic nitrogens is 1. The van der Waals surface area contributed by atoms with E-state index in [2.05, 4.69) is 10.3 Å². The van der Waals surface area contributed by atoms with E-state index in [1.807, 2.05) is 31.2 Å². The molecule has 1 aromatic carbocycles. The molecule has 0 radical (unpaired) electrons. The number of benzene rings is 1. The van der Waals surface area contributed by atoms with E-state index in [1.54, 1.807) is 20.8 Å². The fourth-order valence-electron chi connectivity index (χ4n) is 2.96. The lowest BCUT2D eigenvalue weighted by molar-refractivity contribution is -0.117. The van der Waals surface area contributed by atoms with E-state index in [0.717, 1.165) is 5.56 Å². The molecule has 2 rings (SSSR count). The van der Waals surface area contributed by atoms with Crippen LogP contribution < -0.4 is 5.32 Å². The average Bonchev–Trinajstić information content (AvgIpc) is 2.99. The fraction of sp³-hybridized carbons (Fsp3) is 0.381. The third kappa shape index (κ3) is 4.67. The van der Waals surface area contributed by atoms with Crippen LogP contribution >= 0.6 is 0 Å². The fourth-order valence-corrected chi connectivity index (χ4v) is 2.96. The van der Waals surface area contributed by atoms with Crippen molar-refractivity contribution in [1.82, 2.24) is 10.3 Å². The van der Waals surface area contributed by atoms with Gasteiger partial charge in [0.05, 0.1) is 18.8 Å². The highest BCUT2D eigenvalue weighted by atomic mass is 16.5. The number of hydrogen-bond acceptors (Lipinski definition) is 5. The molecule has 150 valence electrons. The minimum absolute atomic E-state index is 0.0616. The Morgan fingerprint density at radius 1 is 1.14 bits per heavy atom. The van der Waals surface area contributed by atoms with Crippen LogP contribution in [0.1, 0.15) is 46.0 Å². The molecule has 0 bridgehead atoms. The first kappa shape index (κ1) is 21.4. The van der Waals surface area contributed by atoms with Gasteiger partial charge in [-0.3, -0.25) is 9.59 Å². The SMILES string of the molecule is CCOC(=O)c1c(C)[nH]c(C(=O)C(=O)N[C@H](C)COC)c1-c1ccc(C)cc1. The van der Waals surface area contributed by atoms with Gasteiger partial charge in [-0.1, -0.05) is 29.8 Å². The molecule has 0 aliphatic carbocycles. The summed E-state index contributed by atoms with van der Waals surface area (Å²) in [5, 5.41) is 2.60. The van der Waals surface area contributed by atoms with Crippen molar-refractivity contribution in [2.75, 3.05) is 20.3 Å². The number of carbonyl (C=O) groups is 3. The maximum atomic E-state index is 12.9. The quantitative estimate of drug-likeness (QED) is 0.413. The number of carbonyl (C=O) groups excluding carboxylic acids is 3. The van der Waals surface area contributed by atoms with Crippen molar-refractivity contribution in [3.05, 3.63) is 46.8 Å². The lowest BCUT2D eigenvalue weighted by atomic mass is 9.97. The zero-order chi connectivity index (χ0) is 20.8. The van der Waals surface area contributed by atoms with Gasteiger partial charge in [0.15, 0.2) is 0 Å². The van der Waals surface area contributed by atoms with Gasteiger partial charge in [-0.05, 0) is 33.3 Å². The van der Waals surface area contributed by atoms with Crippen molar-refractivity contribution in [1.29, 1.82) is 0 Å². The summed E-state index contributed by atoms with van der Waals surface area (Å²) in [6.07, 6.45) is 0. The van der Waals surface area contributed by atoms with E-state index in [1.165, 1.54) is 7.11 Å². The van der Waals surface area contributed by atoms with Crippen LogP contribution in [-0.2, 0) is 14.3 Å². The first-order chi connectivity index (χ1) is 13.3. The molecule has 2 aromatic rings. The normalized spacial score (nSPS) is 11.8. The second-order valence-electron chi connectivity index (χ2n) is 6.62. The number of methoxy groups -OCH3 is 1. The van der Waals surface area contributed by atoms with Gasteiger partial charge in [-0.2, -0.15) is 0 Å². The summed E-state index contributed by atoms with van der Waals surface area (Å²) in [6, 6.07) is 7.04. The number of Topliss-reactive ketones (excluding diaryl/α,β-unsaturated/α-hetero) is 1. The van der Waals surface area contributed by atoms with Gasteiger partial charge in [0.1, 0.15) is 5.69 Å². The Balaban J connectivity index is 2.53. The molecule has 1 amide bonds. The summed E-state index contributed by atoms with van der Waals surface area (Å²) in [7, 11) is 1.51. The standard InChI is InChI=1S/C21H26N2O5/c1-6-28-21(26)16-14(4)23-18(17(16)15-9-7-12(2)8-10-15)19(24)20(25)22-13(3)11-27-5/h7-10,13,23H,6,11H2,1-5H3,(H,22,25)/t13-/m1/s1. The predicted molar refractivity (Wildman–Crippen MR) is 105 cm³/mol. The molecule has 0 aliphatic heterocycles. The van der Waals surface area contributed by atoms with E-state index in [-0.39, 0.29) is 30.5 Å². The number of nitrogens with one attached hydrogen (secondary N) is 2. The number of hydrogen-bond donors (Lipinski definition) is 2. The molecule has 1 aromatic heterocycles. The van der Waals surface area contributed by atoms with Gasteiger partial charge in [-0.15, -0.1) is 0 Å². The Bertz CT molecular complexity index is 868. The minimum Gasteiger partial charge on any atom is -0.462 e. The minimum atomic E-state index is -0.769. The molecule has 1 atom stereocenters. The summed E-state index contributed by atoms with van der Waals surface area (Å²) in [4.78, 5) is 40.7. The zero-order valence-corrected chi connectivity index (χ0v) is 16.8. The third-order valence-electron chi connectivity index (χ3n) is 4.23. The Morgan fingerprint density at radius 3 is 2.36 bits per heavy atom. The van der Waals surface area contributed by atoms with Crippen molar-refractivity contribution >= 4 is 17.7 Å². The molecule has 0 unspecified atom stereocenters. The molecule has 1 heterocycles. The Kier molecular flexibility index (Phi) is 7.12. The van der Waals surface area contributed by atoms with Crippen LogP contribution in [0.4, 0.5) is 0 Å². The topological polar surface area (TPSA) is 97.5 Å². The number of H-pyrrole nitrogens is 1. The van der Waals surface area contributed by atoms with Crippen molar-refractivity contribution in [3.63, 3.8) is 0 Å². The second kappa shape index (κ2) is 9.32. The summed E-state index contributed by atoms with van der Waals surface area (Å²) in [5.41, 5.74) is 2.84. The monoisotopic (exact) mass is 386 g/mol. The first-order valence-electron chi connectivity index (χ1n) is 9.10. The number of aryl methyl sites for hydroxylation is 2. The van der Waals surface area contributed by atoms with Crippen LogP contribution in [0.5, 0.6) is 0 Å². The predicted octanol–water partition coefficient (Wildman–Crippen LogP) is 2.81. The highest BCUT2D eigenvalue weighted by Crippen LogP contribution is 2.31. The van der Waals surface area contributed by atoms with Gasteiger partial charge in [0, 0.05) is 24.4 Å². The highest BCUT2D eigenvalue weighted by Gasteiger charge is 2.30. The number of rotatable bonds is 8. The van der Waals surface area contributed by atoms with Crippen molar-refractivity contribution in [2.45, 2.75) is 33.7 Å². The van der Waals surface area contributed by atoms with Gasteiger partial charge in [0.2, 0.25) is 0 Å². The molecule has 28 heavy (non-hydrogen) atoms. The smallest absolute Gasteiger partial charge is 0.340 e. The van der Waals surface area contributed by atoms with Crippen molar-refractivity contribution < 1.29 is 23.9 Å². The van der Waals surface area contributed by atoms with E-state index < -0.39 is 17.7 Å². The zero-order valence-electron chi connectivity index (χ0n) is 16.8. The highest BCUT2D eigenvalue weighted by molar-refractivity contribution is 6.44. The Hall–Kier alpha value is -2.93. The molecule has 0 fully saturated rings. The number of aromatic amines is 1. The van der Waals surface area contributed by atoms with Crippen LogP contribution in [0.3, 0.4) is 0 Å². The van der Waals surface area contributed by atoms with Crippen LogP contribution in [-0.4, -0.2) is 49.0 Å². The van der Waals surface area contributed by atoms with Gasteiger partial charge in [-0.25, -0.2) is 4.79 Å². The molecule has 2 N–H and O–H groups in total. The molecule has 0 saturated carbocycles.